The molecule has 0 aromatic heterocycles. The fourth-order valence-electron chi connectivity index (χ4n) is 10.5. The minimum absolute atomic E-state index is 0.340. The Morgan fingerprint density at radius 2 is 0.344 bits per heavy atom. The van der Waals surface area contributed by atoms with Gasteiger partial charge in [-0.2, -0.15) is 0 Å². The fourth-order valence-corrected chi connectivity index (χ4v) is 10.5. The van der Waals surface area contributed by atoms with Crippen LogP contribution in [0.15, 0.2) is 36.5 Å². The molecule has 0 saturated carbocycles. The average Bonchev–Trinajstić information content (AvgIpc) is 3.25. The largest absolute Gasteiger partial charge is 0.481 e. The number of carboxylic acid groups (broad SMARTS) is 3. The van der Waals surface area contributed by atoms with E-state index in [1.807, 2.05) is 0 Å². The van der Waals surface area contributed by atoms with E-state index in [1.165, 1.54) is 289 Å². The highest BCUT2D eigenvalue weighted by Crippen LogP contribution is 2.17. The quantitative estimate of drug-likeness (QED) is 0.0199. The third-order valence-corrected chi connectivity index (χ3v) is 17.0. The predicted octanol–water partition coefficient (Wildman–Crippen LogP) is 15.8. The Bertz CT molecular complexity index is 1420. The Hall–Kier alpha value is -2.85. The monoisotopic (exact) mass is 1380 g/mol. The number of aliphatic hydroxyl groups excluding tert-OH is 12. The molecule has 0 unspecified atom stereocenters. The van der Waals surface area contributed by atoms with Gasteiger partial charge in [0.25, 0.3) is 0 Å². The highest BCUT2D eigenvalue weighted by atomic mass is 16.4. The second-order valence-electron chi connectivity index (χ2n) is 26.4. The zero-order chi connectivity index (χ0) is 72.6. The summed E-state index contributed by atoms with van der Waals surface area (Å²) in [5, 5.41) is 130. The van der Waals surface area contributed by atoms with Crippen molar-refractivity contribution >= 4 is 17.9 Å². The van der Waals surface area contributed by atoms with Crippen molar-refractivity contribution in [1.82, 2.24) is 0 Å². The van der Waals surface area contributed by atoms with Gasteiger partial charge in [0, 0.05) is 19.3 Å². The topological polar surface area (TPSA) is 355 Å². The lowest BCUT2D eigenvalue weighted by Crippen LogP contribution is -2.46. The molecular formula is C78H154O18. The third-order valence-electron chi connectivity index (χ3n) is 17.0. The SMILES string of the molecule is CCCCCCCC/C=C\CCCCCCCCCCCC(=O)O.CCCCCCCC/C=C\CCCCCCCCCCCC(=O)O.CCCCCCCC/C=C\CCCCCCCCCCCC(=O)O.OC[C@@H](O)[C@@H](O)[C@H](O)[C@@H](O)CO.OC[C@@H](O)[C@@H](O)[C@H](O)[C@@H](O)CO. The van der Waals surface area contributed by atoms with Crippen LogP contribution in [0.25, 0.3) is 0 Å². The molecule has 0 fully saturated rings. The summed E-state index contributed by atoms with van der Waals surface area (Å²) in [6.45, 7) is 3.91. The number of carbonyl (C=O) groups is 3. The molecule has 0 heterocycles. The van der Waals surface area contributed by atoms with Crippen molar-refractivity contribution in [2.45, 2.75) is 416 Å². The van der Waals surface area contributed by atoms with Crippen molar-refractivity contribution in [3.8, 4) is 0 Å². The summed E-state index contributed by atoms with van der Waals surface area (Å²) in [7, 11) is 0. The molecule has 8 atom stereocenters. The predicted molar refractivity (Wildman–Crippen MR) is 393 cm³/mol. The number of hydrogen-bond donors (Lipinski definition) is 15. The first kappa shape index (κ1) is 102. The summed E-state index contributed by atoms with van der Waals surface area (Å²) >= 11 is 0. The molecule has 0 rings (SSSR count). The molecule has 15 N–H and O–H groups in total. The van der Waals surface area contributed by atoms with Crippen molar-refractivity contribution in [3.63, 3.8) is 0 Å². The number of hydrogen-bond acceptors (Lipinski definition) is 15. The number of unbranched alkanes of at least 4 members (excludes halogenated alkanes) is 45. The average molecular weight is 1380 g/mol. The van der Waals surface area contributed by atoms with Gasteiger partial charge in [-0.1, -0.05) is 288 Å². The molecule has 574 valence electrons. The smallest absolute Gasteiger partial charge is 0.303 e. The number of aliphatic carboxylic acids is 3. The molecule has 0 aliphatic heterocycles. The lowest BCUT2D eigenvalue weighted by Gasteiger charge is -2.24. The van der Waals surface area contributed by atoms with Crippen LogP contribution in [0.1, 0.15) is 367 Å². The fraction of sp³-hybridized carbons (Fsp3) is 0.885. The Morgan fingerprint density at radius 1 is 0.219 bits per heavy atom. The van der Waals surface area contributed by atoms with Gasteiger partial charge >= 0.3 is 17.9 Å². The maximum Gasteiger partial charge on any atom is 0.303 e. The van der Waals surface area contributed by atoms with Crippen molar-refractivity contribution in [1.29, 1.82) is 0 Å². The van der Waals surface area contributed by atoms with Gasteiger partial charge in [0.15, 0.2) is 0 Å². The van der Waals surface area contributed by atoms with Gasteiger partial charge in [-0.05, 0) is 96.3 Å². The van der Waals surface area contributed by atoms with Gasteiger partial charge in [-0.3, -0.25) is 14.4 Å². The van der Waals surface area contributed by atoms with Gasteiger partial charge in [0.2, 0.25) is 0 Å². The van der Waals surface area contributed by atoms with Crippen LogP contribution in [0, 0.1) is 0 Å². The normalized spacial score (nSPS) is 13.9. The van der Waals surface area contributed by atoms with Crippen molar-refractivity contribution in [3.05, 3.63) is 36.5 Å². The highest BCUT2D eigenvalue weighted by molar-refractivity contribution is 5.67. The summed E-state index contributed by atoms with van der Waals surface area (Å²) in [6, 6.07) is 0. The van der Waals surface area contributed by atoms with Gasteiger partial charge < -0.3 is 76.6 Å². The van der Waals surface area contributed by atoms with E-state index in [1.54, 1.807) is 0 Å². The van der Waals surface area contributed by atoms with Crippen molar-refractivity contribution in [2.24, 2.45) is 0 Å². The molecule has 18 nitrogen and oxygen atoms in total. The van der Waals surface area contributed by atoms with E-state index in [9.17, 15) is 14.4 Å². The van der Waals surface area contributed by atoms with Gasteiger partial charge in [-0.25, -0.2) is 0 Å². The number of carboxylic acids is 3. The minimum atomic E-state index is -1.67. The Labute approximate surface area is 585 Å². The zero-order valence-electron chi connectivity index (χ0n) is 61.5. The maximum absolute atomic E-state index is 10.4. The molecule has 0 bridgehead atoms. The molecular weight excluding hydrogens is 1220 g/mol. The van der Waals surface area contributed by atoms with Crippen LogP contribution in [0.3, 0.4) is 0 Å². The summed E-state index contributed by atoms with van der Waals surface area (Å²) in [5.41, 5.74) is 0. The van der Waals surface area contributed by atoms with Crippen LogP contribution >= 0.6 is 0 Å². The van der Waals surface area contributed by atoms with Gasteiger partial charge in [0.05, 0.1) is 26.4 Å². The molecule has 0 amide bonds. The molecule has 0 radical (unpaired) electrons. The van der Waals surface area contributed by atoms with Crippen molar-refractivity contribution in [2.75, 3.05) is 26.4 Å². The Kier molecular flexibility index (Phi) is 91.6. The summed E-state index contributed by atoms with van der Waals surface area (Å²) in [6.07, 6.45) is 68.6. The zero-order valence-corrected chi connectivity index (χ0v) is 61.5. The second kappa shape index (κ2) is 86.4. The highest BCUT2D eigenvalue weighted by Gasteiger charge is 2.30. The molecule has 0 aliphatic carbocycles. The van der Waals surface area contributed by atoms with E-state index in [-0.39, 0.29) is 0 Å². The molecule has 0 aromatic carbocycles. The second-order valence-corrected chi connectivity index (χ2v) is 26.4. The number of aliphatic hydroxyl groups is 12. The maximum atomic E-state index is 10.4. The summed E-state index contributed by atoms with van der Waals surface area (Å²) in [4.78, 5) is 31.1. The Balaban J connectivity index is -0.000000370. The number of rotatable bonds is 67. The van der Waals surface area contributed by atoms with E-state index in [4.69, 9.17) is 76.6 Å². The standard InChI is InChI=1S/3C22H42O2.2C6H14O6/c3*1-2-3-4-5-6-7-8-9-10-11-12-13-14-15-16-17-18-19-20-21-22(23)24;2*7-1-3(9)5(11)6(12)4(10)2-8/h3*9-10H,2-8,11-21H2,1H3,(H,23,24);2*3-12H,1-2H2/b3*10-9-;;/t;;;2*3-,4+,5-,6-/m...11/s1. The van der Waals surface area contributed by atoms with Crippen molar-refractivity contribution < 1.29 is 91.0 Å². The van der Waals surface area contributed by atoms with Gasteiger partial charge in [-0.15, -0.1) is 0 Å². The lowest BCUT2D eigenvalue weighted by molar-refractivity contribution is -0.138. The summed E-state index contributed by atoms with van der Waals surface area (Å²) in [5.74, 6) is -1.97. The first-order valence-electron chi connectivity index (χ1n) is 38.9. The van der Waals surface area contributed by atoms with Gasteiger partial charge in [0.1, 0.15) is 48.8 Å². The van der Waals surface area contributed by atoms with Crippen LogP contribution in [-0.4, -0.2) is 170 Å². The molecule has 96 heavy (non-hydrogen) atoms. The molecule has 18 heteroatoms. The van der Waals surface area contributed by atoms with Crippen LogP contribution < -0.4 is 0 Å². The van der Waals surface area contributed by atoms with Crippen LogP contribution in [0.5, 0.6) is 0 Å². The molecule has 0 aliphatic rings. The summed E-state index contributed by atoms with van der Waals surface area (Å²) < 4.78 is 0. The first-order chi connectivity index (χ1) is 46.4. The van der Waals surface area contributed by atoms with E-state index >= 15 is 0 Å². The van der Waals surface area contributed by atoms with E-state index < -0.39 is 93.2 Å². The molecule has 0 spiro atoms. The first-order valence-corrected chi connectivity index (χ1v) is 38.9. The van der Waals surface area contributed by atoms with E-state index in [0.717, 1.165) is 38.5 Å². The van der Waals surface area contributed by atoms with Crippen LogP contribution in [-0.2, 0) is 14.4 Å². The molecule has 0 aromatic rings. The van der Waals surface area contributed by atoms with Crippen LogP contribution in [0.2, 0.25) is 0 Å². The third kappa shape index (κ3) is 87.2. The minimum Gasteiger partial charge on any atom is -0.481 e. The van der Waals surface area contributed by atoms with E-state index in [2.05, 4.69) is 57.2 Å². The Morgan fingerprint density at radius 3 is 0.469 bits per heavy atom. The van der Waals surface area contributed by atoms with Crippen LogP contribution in [0.4, 0.5) is 0 Å². The molecule has 0 saturated heterocycles. The number of allylic oxidation sites excluding steroid dienone is 6. The van der Waals surface area contributed by atoms with E-state index in [0.29, 0.717) is 19.3 Å². The lowest BCUT2D eigenvalue weighted by atomic mass is 10.0.